The number of aromatic nitrogens is 1. The highest BCUT2D eigenvalue weighted by molar-refractivity contribution is 6.31. The molecule has 1 heterocycles. The number of H-pyrrole nitrogens is 1. The van der Waals surface area contributed by atoms with Gasteiger partial charge in [-0.05, 0) is 24.2 Å². The quantitative estimate of drug-likeness (QED) is 0.798. The number of fused-ring (bicyclic) bond motifs is 1. The number of hydrogen-bond donors (Lipinski definition) is 2. The minimum absolute atomic E-state index is 0.773. The average molecular weight is 209 g/mol. The van der Waals surface area contributed by atoms with E-state index in [4.69, 9.17) is 11.6 Å². The predicted octanol–water partition coefficient (Wildman–Crippen LogP) is 2.93. The second kappa shape index (κ2) is 4.03. The summed E-state index contributed by atoms with van der Waals surface area (Å²) in [7, 11) is 0. The smallest absolute Gasteiger partial charge is 0.0472 e. The summed E-state index contributed by atoms with van der Waals surface area (Å²) in [6.45, 7) is 3.99. The molecule has 0 aliphatic heterocycles. The summed E-state index contributed by atoms with van der Waals surface area (Å²) < 4.78 is 0. The van der Waals surface area contributed by atoms with Gasteiger partial charge in [0.15, 0.2) is 0 Å². The molecule has 2 N–H and O–H groups in total. The van der Waals surface area contributed by atoms with Crippen LogP contribution >= 0.6 is 11.6 Å². The zero-order valence-corrected chi connectivity index (χ0v) is 8.86. The van der Waals surface area contributed by atoms with Gasteiger partial charge in [-0.2, -0.15) is 0 Å². The predicted molar refractivity (Wildman–Crippen MR) is 60.7 cm³/mol. The Bertz CT molecular complexity index is 434. The second-order valence-electron chi connectivity index (χ2n) is 3.28. The zero-order chi connectivity index (χ0) is 9.97. The molecule has 0 unspecified atom stereocenters. The van der Waals surface area contributed by atoms with Gasteiger partial charge in [0.1, 0.15) is 0 Å². The molecule has 0 aliphatic rings. The Hall–Kier alpha value is -0.990. The maximum absolute atomic E-state index is 5.90. The minimum atomic E-state index is 0.773. The fraction of sp³-hybridized carbons (Fsp3) is 0.273. The summed E-state index contributed by atoms with van der Waals surface area (Å²) in [5.41, 5.74) is 2.39. The summed E-state index contributed by atoms with van der Waals surface area (Å²) in [6, 6.07) is 5.93. The van der Waals surface area contributed by atoms with Crippen molar-refractivity contribution in [2.75, 3.05) is 6.54 Å². The molecule has 1 aromatic carbocycles. The average Bonchev–Trinajstić information content (AvgIpc) is 2.57. The van der Waals surface area contributed by atoms with Gasteiger partial charge in [-0.15, -0.1) is 0 Å². The van der Waals surface area contributed by atoms with Crippen molar-refractivity contribution in [3.05, 3.63) is 35.0 Å². The third-order valence-corrected chi connectivity index (χ3v) is 2.53. The summed E-state index contributed by atoms with van der Waals surface area (Å²) >= 11 is 5.90. The maximum atomic E-state index is 5.90. The van der Waals surface area contributed by atoms with E-state index in [0.29, 0.717) is 0 Å². The van der Waals surface area contributed by atoms with Crippen molar-refractivity contribution < 1.29 is 0 Å². The SMILES string of the molecule is CCNCc1c[nH]c2cc(Cl)ccc12. The van der Waals surface area contributed by atoms with Crippen LogP contribution in [0.4, 0.5) is 0 Å². The van der Waals surface area contributed by atoms with Gasteiger partial charge in [-0.3, -0.25) is 0 Å². The lowest BCUT2D eigenvalue weighted by Gasteiger charge is -1.99. The number of halogens is 1. The Balaban J connectivity index is 2.37. The first-order valence-electron chi connectivity index (χ1n) is 4.77. The van der Waals surface area contributed by atoms with Crippen LogP contribution in [-0.2, 0) is 6.54 Å². The lowest BCUT2D eigenvalue weighted by atomic mass is 10.2. The molecule has 1 aromatic heterocycles. The molecule has 0 fully saturated rings. The van der Waals surface area contributed by atoms with Crippen molar-refractivity contribution in [1.82, 2.24) is 10.3 Å². The molecule has 0 radical (unpaired) electrons. The number of benzene rings is 1. The third kappa shape index (κ3) is 1.76. The van der Waals surface area contributed by atoms with E-state index in [1.165, 1.54) is 10.9 Å². The van der Waals surface area contributed by atoms with Crippen LogP contribution in [0.5, 0.6) is 0 Å². The summed E-state index contributed by atoms with van der Waals surface area (Å²) in [4.78, 5) is 3.21. The Morgan fingerprint density at radius 1 is 1.43 bits per heavy atom. The van der Waals surface area contributed by atoms with Crippen LogP contribution in [-0.4, -0.2) is 11.5 Å². The molecule has 0 spiro atoms. The van der Waals surface area contributed by atoms with Gasteiger partial charge in [0, 0.05) is 28.7 Å². The molecule has 0 aliphatic carbocycles. The van der Waals surface area contributed by atoms with Crippen LogP contribution < -0.4 is 5.32 Å². The van der Waals surface area contributed by atoms with E-state index in [1.807, 2.05) is 18.3 Å². The van der Waals surface area contributed by atoms with E-state index in [0.717, 1.165) is 23.6 Å². The van der Waals surface area contributed by atoms with Gasteiger partial charge in [0.2, 0.25) is 0 Å². The van der Waals surface area contributed by atoms with E-state index in [9.17, 15) is 0 Å². The van der Waals surface area contributed by atoms with Gasteiger partial charge in [-0.25, -0.2) is 0 Å². The first-order chi connectivity index (χ1) is 6.81. The van der Waals surface area contributed by atoms with E-state index in [-0.39, 0.29) is 0 Å². The Morgan fingerprint density at radius 2 is 2.29 bits per heavy atom. The lowest BCUT2D eigenvalue weighted by molar-refractivity contribution is 0.730. The van der Waals surface area contributed by atoms with Crippen molar-refractivity contribution in [2.24, 2.45) is 0 Å². The van der Waals surface area contributed by atoms with Gasteiger partial charge in [0.05, 0.1) is 0 Å². The summed E-state index contributed by atoms with van der Waals surface area (Å²) in [5, 5.41) is 5.32. The first kappa shape index (κ1) is 9.56. The fourth-order valence-electron chi connectivity index (χ4n) is 1.56. The molecule has 0 bridgehead atoms. The highest BCUT2D eigenvalue weighted by atomic mass is 35.5. The molecule has 74 valence electrons. The topological polar surface area (TPSA) is 27.8 Å². The molecule has 0 atom stereocenters. The molecule has 2 rings (SSSR count). The molecule has 0 amide bonds. The van der Waals surface area contributed by atoms with Crippen LogP contribution in [0.2, 0.25) is 5.02 Å². The van der Waals surface area contributed by atoms with Crippen LogP contribution in [0.15, 0.2) is 24.4 Å². The molecule has 0 saturated carbocycles. The number of nitrogens with one attached hydrogen (secondary N) is 2. The standard InChI is InChI=1S/C11H13ClN2/c1-2-13-6-8-7-14-11-5-9(12)3-4-10(8)11/h3-5,7,13-14H,2,6H2,1H3. The monoisotopic (exact) mass is 208 g/mol. The Kier molecular flexibility index (Phi) is 2.75. The van der Waals surface area contributed by atoms with Crippen molar-refractivity contribution in [1.29, 1.82) is 0 Å². The summed E-state index contributed by atoms with van der Waals surface area (Å²) in [6.07, 6.45) is 2.03. The Labute approximate surface area is 88.3 Å². The largest absolute Gasteiger partial charge is 0.361 e. The molecule has 3 heteroatoms. The Morgan fingerprint density at radius 3 is 3.07 bits per heavy atom. The maximum Gasteiger partial charge on any atom is 0.0472 e. The van der Waals surface area contributed by atoms with Crippen LogP contribution in [0.25, 0.3) is 10.9 Å². The van der Waals surface area contributed by atoms with Crippen LogP contribution in [0.1, 0.15) is 12.5 Å². The molecular weight excluding hydrogens is 196 g/mol. The number of hydrogen-bond acceptors (Lipinski definition) is 1. The number of rotatable bonds is 3. The van der Waals surface area contributed by atoms with E-state index in [1.54, 1.807) is 0 Å². The lowest BCUT2D eigenvalue weighted by Crippen LogP contribution is -2.11. The first-order valence-corrected chi connectivity index (χ1v) is 5.15. The van der Waals surface area contributed by atoms with Gasteiger partial charge in [0.25, 0.3) is 0 Å². The van der Waals surface area contributed by atoms with Gasteiger partial charge in [-0.1, -0.05) is 24.6 Å². The van der Waals surface area contributed by atoms with Gasteiger partial charge >= 0.3 is 0 Å². The van der Waals surface area contributed by atoms with Crippen molar-refractivity contribution in [2.45, 2.75) is 13.5 Å². The summed E-state index contributed by atoms with van der Waals surface area (Å²) in [5.74, 6) is 0. The minimum Gasteiger partial charge on any atom is -0.361 e. The highest BCUT2D eigenvalue weighted by Gasteiger charge is 2.02. The molecule has 2 aromatic rings. The normalized spacial score (nSPS) is 11.0. The van der Waals surface area contributed by atoms with Crippen molar-refractivity contribution in [3.63, 3.8) is 0 Å². The molecule has 14 heavy (non-hydrogen) atoms. The van der Waals surface area contributed by atoms with E-state index >= 15 is 0 Å². The molecule has 0 saturated heterocycles. The van der Waals surface area contributed by atoms with E-state index < -0.39 is 0 Å². The van der Waals surface area contributed by atoms with Crippen LogP contribution in [0, 0.1) is 0 Å². The van der Waals surface area contributed by atoms with Crippen LogP contribution in [0.3, 0.4) is 0 Å². The second-order valence-corrected chi connectivity index (χ2v) is 3.72. The molecule has 2 nitrogen and oxygen atoms in total. The zero-order valence-electron chi connectivity index (χ0n) is 8.10. The highest BCUT2D eigenvalue weighted by Crippen LogP contribution is 2.21. The van der Waals surface area contributed by atoms with Crippen molar-refractivity contribution in [3.8, 4) is 0 Å². The molecular formula is C11H13ClN2. The number of aromatic amines is 1. The van der Waals surface area contributed by atoms with Crippen molar-refractivity contribution >= 4 is 22.5 Å². The van der Waals surface area contributed by atoms with Gasteiger partial charge < -0.3 is 10.3 Å². The third-order valence-electron chi connectivity index (χ3n) is 2.29. The fourth-order valence-corrected chi connectivity index (χ4v) is 1.74. The van der Waals surface area contributed by atoms with E-state index in [2.05, 4.69) is 23.3 Å².